The Hall–Kier alpha value is -2.43. The fourth-order valence-electron chi connectivity index (χ4n) is 2.45. The van der Waals surface area contributed by atoms with Crippen molar-refractivity contribution < 1.29 is 31.3 Å². The van der Waals surface area contributed by atoms with E-state index in [0.717, 1.165) is 17.0 Å². The van der Waals surface area contributed by atoms with Crippen molar-refractivity contribution in [2.75, 3.05) is 18.9 Å². The number of sulfonamides is 1. The number of amides is 1. The number of nitrogens with two attached hydrogens (primary N) is 1. The number of benzene rings is 2. The summed E-state index contributed by atoms with van der Waals surface area (Å²) in [6.45, 7) is 0.392. The Morgan fingerprint density at radius 1 is 1.15 bits per heavy atom. The first-order chi connectivity index (χ1) is 12.4. The van der Waals surface area contributed by atoms with Gasteiger partial charge in [-0.3, -0.25) is 4.79 Å². The number of hydrogen-bond donors (Lipinski definition) is 3. The summed E-state index contributed by atoms with van der Waals surface area (Å²) in [5, 5.41) is 7.62. The molecule has 0 saturated heterocycles. The van der Waals surface area contributed by atoms with Crippen LogP contribution < -0.4 is 15.4 Å². The predicted octanol–water partition coefficient (Wildman–Crippen LogP) is 1.01. The van der Waals surface area contributed by atoms with Crippen LogP contribution >= 0.6 is 0 Å². The van der Waals surface area contributed by atoms with E-state index in [0.29, 0.717) is 12.1 Å². The highest BCUT2D eigenvalue weighted by Crippen LogP contribution is 2.28. The van der Waals surface area contributed by atoms with Crippen molar-refractivity contribution in [3.8, 4) is 0 Å². The number of carbonyl (C=O) groups is 1. The lowest BCUT2D eigenvalue weighted by atomic mass is 10.1. The van der Waals surface area contributed by atoms with E-state index in [1.54, 1.807) is 7.05 Å². The van der Waals surface area contributed by atoms with Gasteiger partial charge in [0.2, 0.25) is 10.0 Å². The average Bonchev–Trinajstić information content (AvgIpc) is 2.53. The lowest BCUT2D eigenvalue weighted by Gasteiger charge is -2.15. The van der Waals surface area contributed by atoms with Crippen LogP contribution in [0, 0.1) is 0 Å². The van der Waals surface area contributed by atoms with Crippen LogP contribution in [-0.2, 0) is 27.5 Å². The summed E-state index contributed by atoms with van der Waals surface area (Å²) in [6, 6.07) is 10.3. The van der Waals surface area contributed by atoms with E-state index in [-0.39, 0.29) is 23.0 Å². The molecule has 0 aliphatic rings. The van der Waals surface area contributed by atoms with Crippen LogP contribution in [0.5, 0.6) is 0 Å². The van der Waals surface area contributed by atoms with Crippen molar-refractivity contribution in [1.29, 1.82) is 0 Å². The van der Waals surface area contributed by atoms with Gasteiger partial charge in [0, 0.05) is 11.3 Å². The quantitative estimate of drug-likeness (QED) is 0.673. The molecule has 0 bridgehead atoms. The van der Waals surface area contributed by atoms with Crippen LogP contribution in [0.3, 0.4) is 0 Å². The molecule has 10 heteroatoms. The topological polar surface area (TPSA) is 93.7 Å². The molecule has 0 fully saturated rings. The Balaban J connectivity index is 1.94. The van der Waals surface area contributed by atoms with Crippen molar-refractivity contribution in [2.24, 2.45) is 5.14 Å². The summed E-state index contributed by atoms with van der Waals surface area (Å²) in [5.41, 5.74) is 0.217. The van der Waals surface area contributed by atoms with Gasteiger partial charge in [0.25, 0.3) is 5.91 Å². The number of nitrogens with one attached hydrogen (secondary N) is 2. The van der Waals surface area contributed by atoms with Gasteiger partial charge in [-0.15, -0.1) is 0 Å². The third-order valence-corrected chi connectivity index (χ3v) is 4.61. The molecule has 1 unspecified atom stereocenters. The predicted molar refractivity (Wildman–Crippen MR) is 93.3 cm³/mol. The fraction of sp³-hybridized carbons (Fsp3) is 0.235. The lowest BCUT2D eigenvalue weighted by molar-refractivity contribution is -0.885. The number of likely N-dealkylation sites (N-methyl/N-ethyl adjacent to an activating group) is 1. The van der Waals surface area contributed by atoms with Crippen LogP contribution in [-0.4, -0.2) is 27.9 Å². The third kappa shape index (κ3) is 6.35. The molecular formula is C17H19F3N3O3S+. The van der Waals surface area contributed by atoms with Gasteiger partial charge < -0.3 is 10.2 Å². The highest BCUT2D eigenvalue weighted by molar-refractivity contribution is 7.89. The minimum atomic E-state index is -4.39. The van der Waals surface area contributed by atoms with Gasteiger partial charge >= 0.3 is 6.18 Å². The Morgan fingerprint density at radius 2 is 1.78 bits per heavy atom. The first-order valence-corrected chi connectivity index (χ1v) is 9.40. The van der Waals surface area contributed by atoms with Crippen molar-refractivity contribution in [3.05, 3.63) is 59.7 Å². The van der Waals surface area contributed by atoms with E-state index in [2.05, 4.69) is 5.32 Å². The molecule has 2 aromatic rings. The fourth-order valence-corrected chi connectivity index (χ4v) is 3.01. The van der Waals surface area contributed by atoms with Crippen molar-refractivity contribution in [2.45, 2.75) is 17.6 Å². The van der Waals surface area contributed by atoms with E-state index < -0.39 is 21.8 Å². The number of carbonyl (C=O) groups excluding carboxylic acids is 1. The molecule has 6 nitrogen and oxygen atoms in total. The summed E-state index contributed by atoms with van der Waals surface area (Å²) in [5.74, 6) is -0.369. The zero-order valence-electron chi connectivity index (χ0n) is 14.4. The minimum absolute atomic E-state index is 0.0423. The summed E-state index contributed by atoms with van der Waals surface area (Å²) in [4.78, 5) is 12.7. The maximum atomic E-state index is 12.6. The van der Waals surface area contributed by atoms with Gasteiger partial charge in [0.05, 0.1) is 17.5 Å². The van der Waals surface area contributed by atoms with Crippen molar-refractivity contribution in [3.63, 3.8) is 0 Å². The number of primary sulfonamides is 1. The molecule has 0 heterocycles. The number of alkyl halides is 3. The summed E-state index contributed by atoms with van der Waals surface area (Å²) >= 11 is 0. The first kappa shape index (κ1) is 20.9. The van der Waals surface area contributed by atoms with Crippen LogP contribution in [0.4, 0.5) is 18.9 Å². The molecule has 0 aliphatic heterocycles. The molecule has 1 amide bonds. The Morgan fingerprint density at radius 3 is 2.33 bits per heavy atom. The normalized spacial score (nSPS) is 13.2. The zero-order valence-corrected chi connectivity index (χ0v) is 15.2. The molecule has 2 rings (SSSR count). The van der Waals surface area contributed by atoms with Crippen molar-refractivity contribution in [1.82, 2.24) is 0 Å². The lowest BCUT2D eigenvalue weighted by Crippen LogP contribution is -3.08. The second kappa shape index (κ2) is 8.07. The van der Waals surface area contributed by atoms with Crippen LogP contribution in [0.15, 0.2) is 53.4 Å². The van der Waals surface area contributed by atoms with Crippen LogP contribution in [0.2, 0.25) is 0 Å². The monoisotopic (exact) mass is 402 g/mol. The SMILES string of the molecule is C[NH+](CC(=O)Nc1cccc(S(N)(=O)=O)c1)Cc1ccc(C(F)(F)F)cc1. The number of rotatable bonds is 6. The highest BCUT2D eigenvalue weighted by Gasteiger charge is 2.30. The Labute approximate surface area is 154 Å². The smallest absolute Gasteiger partial charge is 0.326 e. The molecule has 27 heavy (non-hydrogen) atoms. The molecule has 146 valence electrons. The second-order valence-electron chi connectivity index (χ2n) is 6.13. The van der Waals surface area contributed by atoms with Crippen molar-refractivity contribution >= 4 is 21.6 Å². The maximum Gasteiger partial charge on any atom is 0.416 e. The van der Waals surface area contributed by atoms with Gasteiger partial charge in [0.1, 0.15) is 6.54 Å². The van der Waals surface area contributed by atoms with E-state index in [9.17, 15) is 26.4 Å². The van der Waals surface area contributed by atoms with Gasteiger partial charge in [0.15, 0.2) is 6.54 Å². The molecule has 1 atom stereocenters. The minimum Gasteiger partial charge on any atom is -0.326 e. The largest absolute Gasteiger partial charge is 0.416 e. The van der Waals surface area contributed by atoms with E-state index in [4.69, 9.17) is 5.14 Å². The Bertz CT molecular complexity index is 913. The van der Waals surface area contributed by atoms with Gasteiger partial charge in [-0.2, -0.15) is 13.2 Å². The molecule has 0 aromatic heterocycles. The molecule has 4 N–H and O–H groups in total. The average molecular weight is 402 g/mol. The molecule has 0 radical (unpaired) electrons. The third-order valence-electron chi connectivity index (χ3n) is 3.70. The zero-order chi connectivity index (χ0) is 20.2. The van der Waals surface area contributed by atoms with Gasteiger partial charge in [-0.25, -0.2) is 13.6 Å². The maximum absolute atomic E-state index is 12.6. The standard InChI is InChI=1S/C17H18F3N3O3S/c1-23(10-12-5-7-13(8-6-12)17(18,19)20)11-16(24)22-14-3-2-4-15(9-14)27(21,25)26/h2-9H,10-11H2,1H3,(H,22,24)(H2,21,25,26)/p+1. The molecule has 0 aliphatic carbocycles. The van der Waals surface area contributed by atoms with Crippen LogP contribution in [0.25, 0.3) is 0 Å². The van der Waals surface area contributed by atoms with Gasteiger partial charge in [-0.1, -0.05) is 18.2 Å². The van der Waals surface area contributed by atoms with E-state index >= 15 is 0 Å². The second-order valence-corrected chi connectivity index (χ2v) is 7.69. The molecule has 0 saturated carbocycles. The number of hydrogen-bond acceptors (Lipinski definition) is 3. The number of quaternary nitrogens is 1. The molecule has 2 aromatic carbocycles. The summed E-state index contributed by atoms with van der Waals surface area (Å²) in [6.07, 6.45) is -4.39. The Kier molecular flexibility index (Phi) is 6.24. The van der Waals surface area contributed by atoms with Crippen LogP contribution in [0.1, 0.15) is 11.1 Å². The van der Waals surface area contributed by atoms with E-state index in [1.807, 2.05) is 0 Å². The molecule has 0 spiro atoms. The summed E-state index contributed by atoms with van der Waals surface area (Å²) in [7, 11) is -2.16. The first-order valence-electron chi connectivity index (χ1n) is 7.85. The highest BCUT2D eigenvalue weighted by atomic mass is 32.2. The summed E-state index contributed by atoms with van der Waals surface area (Å²) < 4.78 is 60.3. The molecular weight excluding hydrogens is 383 g/mol. The number of halogens is 3. The number of anilines is 1. The van der Waals surface area contributed by atoms with Gasteiger partial charge in [-0.05, 0) is 30.3 Å². The van der Waals surface area contributed by atoms with E-state index in [1.165, 1.54) is 36.4 Å².